The second-order valence-electron chi connectivity index (χ2n) is 3.84. The fraction of sp³-hybridized carbons (Fsp3) is 0.667. The second kappa shape index (κ2) is 5.23. The van der Waals surface area contributed by atoms with Gasteiger partial charge in [0, 0.05) is 0 Å². The van der Waals surface area contributed by atoms with Crippen molar-refractivity contribution in [3.8, 4) is 0 Å². The molecule has 18 heavy (non-hydrogen) atoms. The van der Waals surface area contributed by atoms with Crippen LogP contribution in [0.2, 0.25) is 0 Å². The summed E-state index contributed by atoms with van der Waals surface area (Å²) in [5.41, 5.74) is 0. The Morgan fingerprint density at radius 3 is 2.44 bits per heavy atom. The van der Waals surface area contributed by atoms with Gasteiger partial charge in [-0.3, -0.25) is 14.4 Å². The molecule has 6 nitrogen and oxygen atoms in total. The van der Waals surface area contributed by atoms with Gasteiger partial charge in [0.05, 0.1) is 0 Å². The van der Waals surface area contributed by atoms with E-state index >= 15 is 0 Å². The largest absolute Gasteiger partial charge is 0.480 e. The number of carbonyl (C=O) groups is 3. The van der Waals surface area contributed by atoms with Gasteiger partial charge in [-0.25, -0.2) is 0 Å². The van der Waals surface area contributed by atoms with E-state index in [0.717, 1.165) is 0 Å². The summed E-state index contributed by atoms with van der Waals surface area (Å²) in [5.74, 6) is -4.49. The number of aliphatic carboxylic acids is 1. The fourth-order valence-corrected chi connectivity index (χ4v) is 1.59. The number of carbonyl (C=O) groups excluding carboxylic acids is 2. The van der Waals surface area contributed by atoms with Crippen LogP contribution in [-0.2, 0) is 14.4 Å². The fourth-order valence-electron chi connectivity index (χ4n) is 1.59. The Hall–Kier alpha value is -1.80. The quantitative estimate of drug-likeness (QED) is 0.609. The first-order chi connectivity index (χ1) is 8.21. The number of hydrogen-bond acceptors (Lipinski definition) is 3. The van der Waals surface area contributed by atoms with Crippen LogP contribution in [0.1, 0.15) is 12.8 Å². The molecule has 1 fully saturated rings. The molecule has 1 aliphatic rings. The zero-order valence-electron chi connectivity index (χ0n) is 9.08. The maximum atomic E-state index is 12.3. The normalized spacial score (nSPS) is 24.3. The van der Waals surface area contributed by atoms with Gasteiger partial charge in [0.2, 0.25) is 11.8 Å². The van der Waals surface area contributed by atoms with Crippen molar-refractivity contribution in [2.24, 2.45) is 5.92 Å². The third kappa shape index (κ3) is 3.60. The highest BCUT2D eigenvalue weighted by Gasteiger charge is 2.45. The van der Waals surface area contributed by atoms with Crippen molar-refractivity contribution in [3.05, 3.63) is 0 Å². The molecule has 2 amide bonds. The first-order valence-electron chi connectivity index (χ1n) is 5.08. The molecule has 3 N–H and O–H groups in total. The minimum absolute atomic E-state index is 0.262. The van der Waals surface area contributed by atoms with Gasteiger partial charge in [-0.05, 0) is 12.8 Å². The number of carboxylic acid groups (broad SMARTS) is 1. The van der Waals surface area contributed by atoms with Crippen molar-refractivity contribution in [1.82, 2.24) is 10.6 Å². The highest BCUT2D eigenvalue weighted by Crippen LogP contribution is 2.28. The van der Waals surface area contributed by atoms with E-state index in [2.05, 4.69) is 0 Å². The number of alkyl halides is 3. The topological polar surface area (TPSA) is 95.5 Å². The van der Waals surface area contributed by atoms with E-state index in [1.54, 1.807) is 5.32 Å². The molecular weight excluding hydrogens is 257 g/mol. The van der Waals surface area contributed by atoms with Crippen LogP contribution in [0.4, 0.5) is 13.2 Å². The molecule has 0 aliphatic carbocycles. The van der Waals surface area contributed by atoms with E-state index in [9.17, 15) is 27.6 Å². The van der Waals surface area contributed by atoms with Gasteiger partial charge in [0.15, 0.2) is 0 Å². The SMILES string of the molecule is O=C(O)CNC(=O)[C@H]1CC[C@H](C(F)(F)F)NC1=O. The molecule has 0 aromatic rings. The van der Waals surface area contributed by atoms with Crippen molar-refractivity contribution >= 4 is 17.8 Å². The second-order valence-corrected chi connectivity index (χ2v) is 3.84. The highest BCUT2D eigenvalue weighted by molar-refractivity contribution is 6.01. The number of halogens is 3. The van der Waals surface area contributed by atoms with Gasteiger partial charge in [-0.15, -0.1) is 0 Å². The van der Waals surface area contributed by atoms with E-state index in [4.69, 9.17) is 5.11 Å². The summed E-state index contributed by atoms with van der Waals surface area (Å²) in [6, 6.07) is -1.95. The van der Waals surface area contributed by atoms with Crippen molar-refractivity contribution in [3.63, 3.8) is 0 Å². The molecule has 1 heterocycles. The summed E-state index contributed by atoms with van der Waals surface area (Å²) < 4.78 is 36.9. The Balaban J connectivity index is 2.55. The Morgan fingerprint density at radius 1 is 1.39 bits per heavy atom. The van der Waals surface area contributed by atoms with Gasteiger partial charge < -0.3 is 15.7 Å². The highest BCUT2D eigenvalue weighted by atomic mass is 19.4. The molecule has 1 rings (SSSR count). The Bertz CT molecular complexity index is 369. The van der Waals surface area contributed by atoms with Crippen molar-refractivity contribution < 1.29 is 32.7 Å². The molecule has 0 aromatic carbocycles. The van der Waals surface area contributed by atoms with Gasteiger partial charge in [-0.2, -0.15) is 13.2 Å². The third-order valence-electron chi connectivity index (χ3n) is 2.50. The van der Waals surface area contributed by atoms with Crippen LogP contribution in [0.15, 0.2) is 0 Å². The number of nitrogens with one attached hydrogen (secondary N) is 2. The van der Waals surface area contributed by atoms with Gasteiger partial charge in [-0.1, -0.05) is 0 Å². The van der Waals surface area contributed by atoms with Crippen LogP contribution >= 0.6 is 0 Å². The average Bonchev–Trinajstić information content (AvgIpc) is 2.24. The van der Waals surface area contributed by atoms with Gasteiger partial charge in [0.25, 0.3) is 0 Å². The molecule has 1 aliphatic heterocycles. The molecule has 0 radical (unpaired) electrons. The molecule has 102 valence electrons. The first kappa shape index (κ1) is 14.3. The predicted octanol–water partition coefficient (Wildman–Crippen LogP) is -0.356. The van der Waals surface area contributed by atoms with Crippen molar-refractivity contribution in [2.75, 3.05) is 6.54 Å². The lowest BCUT2D eigenvalue weighted by Gasteiger charge is -2.29. The van der Waals surface area contributed by atoms with E-state index in [-0.39, 0.29) is 6.42 Å². The van der Waals surface area contributed by atoms with E-state index in [0.29, 0.717) is 0 Å². The monoisotopic (exact) mass is 268 g/mol. The predicted molar refractivity (Wildman–Crippen MR) is 51.4 cm³/mol. The maximum Gasteiger partial charge on any atom is 0.408 e. The Morgan fingerprint density at radius 2 is 2.00 bits per heavy atom. The summed E-state index contributed by atoms with van der Waals surface area (Å²) in [4.78, 5) is 32.9. The standard InChI is InChI=1S/C9H11F3N2O4/c10-9(11,12)5-2-1-4(8(18)14-5)7(17)13-3-6(15)16/h4-5H,1-3H2,(H,13,17)(H,14,18)(H,15,16)/t4-,5-/m1/s1. The Labute approximate surface area is 99.5 Å². The van der Waals surface area contributed by atoms with Crippen molar-refractivity contribution in [1.29, 1.82) is 0 Å². The maximum absolute atomic E-state index is 12.3. The van der Waals surface area contributed by atoms with Crippen molar-refractivity contribution in [2.45, 2.75) is 25.1 Å². The molecule has 0 unspecified atom stereocenters. The Kier molecular flexibility index (Phi) is 4.15. The van der Waals surface area contributed by atoms with Crippen LogP contribution in [0.5, 0.6) is 0 Å². The van der Waals surface area contributed by atoms with Crippen LogP contribution in [0, 0.1) is 5.92 Å². The third-order valence-corrected chi connectivity index (χ3v) is 2.50. The summed E-state index contributed by atoms with van der Waals surface area (Å²) in [7, 11) is 0. The van der Waals surface area contributed by atoms with Crippen LogP contribution in [0.25, 0.3) is 0 Å². The summed E-state index contributed by atoms with van der Waals surface area (Å²) in [6.07, 6.45) is -5.21. The number of hydrogen-bond donors (Lipinski definition) is 3. The molecule has 0 saturated carbocycles. The first-order valence-corrected chi connectivity index (χ1v) is 5.08. The minimum atomic E-state index is -4.54. The number of piperidine rings is 1. The molecule has 2 atom stereocenters. The molecular formula is C9H11F3N2O4. The number of amides is 2. The van der Waals surface area contributed by atoms with Crippen LogP contribution in [0.3, 0.4) is 0 Å². The lowest BCUT2D eigenvalue weighted by molar-refractivity contribution is -0.171. The molecule has 0 spiro atoms. The van der Waals surface area contributed by atoms with Crippen LogP contribution in [-0.4, -0.2) is 41.7 Å². The number of carboxylic acids is 1. The van der Waals surface area contributed by atoms with Gasteiger partial charge in [0.1, 0.15) is 18.5 Å². The van der Waals surface area contributed by atoms with E-state index in [1.807, 2.05) is 5.32 Å². The summed E-state index contributed by atoms with van der Waals surface area (Å²) in [6.45, 7) is -0.675. The summed E-state index contributed by atoms with van der Waals surface area (Å²) in [5, 5.41) is 12.0. The van der Waals surface area contributed by atoms with Crippen LogP contribution < -0.4 is 10.6 Å². The minimum Gasteiger partial charge on any atom is -0.480 e. The smallest absolute Gasteiger partial charge is 0.408 e. The lowest BCUT2D eigenvalue weighted by atomic mass is 9.93. The average molecular weight is 268 g/mol. The molecule has 0 aromatic heterocycles. The van der Waals surface area contributed by atoms with Gasteiger partial charge >= 0.3 is 12.1 Å². The number of rotatable bonds is 3. The zero-order chi connectivity index (χ0) is 13.9. The zero-order valence-corrected chi connectivity index (χ0v) is 9.08. The van der Waals surface area contributed by atoms with E-state index < -0.39 is 48.9 Å². The summed E-state index contributed by atoms with van der Waals surface area (Å²) >= 11 is 0. The molecule has 0 bridgehead atoms. The van der Waals surface area contributed by atoms with E-state index in [1.165, 1.54) is 0 Å². The molecule has 9 heteroatoms. The molecule has 1 saturated heterocycles. The lowest BCUT2D eigenvalue weighted by Crippen LogP contribution is -2.54.